The number of esters is 1. The average molecular weight is 250 g/mol. The summed E-state index contributed by atoms with van der Waals surface area (Å²) in [4.78, 5) is 12.4. The van der Waals surface area contributed by atoms with E-state index < -0.39 is 5.41 Å². The molecule has 0 aromatic heterocycles. The topological polar surface area (TPSA) is 26.3 Å². The molecule has 1 aliphatic carbocycles. The van der Waals surface area contributed by atoms with Crippen LogP contribution in [0.5, 0.6) is 0 Å². The minimum absolute atomic E-state index is 0.0324. The van der Waals surface area contributed by atoms with Gasteiger partial charge in [-0.2, -0.15) is 0 Å². The van der Waals surface area contributed by atoms with Gasteiger partial charge in [0.2, 0.25) is 0 Å². The Hall–Kier alpha value is -1.05. The predicted molar refractivity (Wildman–Crippen MR) is 75.3 cm³/mol. The highest BCUT2D eigenvalue weighted by atomic mass is 16.5. The van der Waals surface area contributed by atoms with Gasteiger partial charge in [-0.3, -0.25) is 4.79 Å². The first-order valence-electron chi connectivity index (χ1n) is 7.05. The van der Waals surface area contributed by atoms with Gasteiger partial charge in [0.15, 0.2) is 0 Å². The van der Waals surface area contributed by atoms with Crippen LogP contribution in [0.1, 0.15) is 52.9 Å². The van der Waals surface area contributed by atoms with Gasteiger partial charge in [0.25, 0.3) is 0 Å². The van der Waals surface area contributed by atoms with E-state index in [1.807, 2.05) is 13.0 Å². The molecule has 0 saturated carbocycles. The zero-order valence-electron chi connectivity index (χ0n) is 12.0. The van der Waals surface area contributed by atoms with Gasteiger partial charge >= 0.3 is 5.97 Å². The van der Waals surface area contributed by atoms with Gasteiger partial charge < -0.3 is 4.74 Å². The number of allylic oxidation sites excluding steroid dienone is 2. The van der Waals surface area contributed by atoms with E-state index in [0.717, 1.165) is 32.1 Å². The normalized spacial score (nSPS) is 27.5. The van der Waals surface area contributed by atoms with E-state index in [0.29, 0.717) is 12.5 Å². The van der Waals surface area contributed by atoms with Crippen LogP contribution in [0, 0.1) is 11.3 Å². The molecule has 0 bridgehead atoms. The van der Waals surface area contributed by atoms with E-state index in [1.54, 1.807) is 0 Å². The summed E-state index contributed by atoms with van der Waals surface area (Å²) in [5.41, 5.74) is 0.806. The molecule has 0 spiro atoms. The fraction of sp³-hybridized carbons (Fsp3) is 0.688. The fourth-order valence-electron chi connectivity index (χ4n) is 3.06. The van der Waals surface area contributed by atoms with Crippen molar-refractivity contribution in [1.29, 1.82) is 0 Å². The van der Waals surface area contributed by atoms with Crippen LogP contribution < -0.4 is 0 Å². The lowest BCUT2D eigenvalue weighted by atomic mass is 9.63. The van der Waals surface area contributed by atoms with Crippen molar-refractivity contribution < 1.29 is 9.53 Å². The molecule has 0 saturated heterocycles. The smallest absolute Gasteiger partial charge is 0.316 e. The first-order chi connectivity index (χ1) is 8.59. The Morgan fingerprint density at radius 3 is 2.94 bits per heavy atom. The van der Waals surface area contributed by atoms with Gasteiger partial charge in [0.05, 0.1) is 12.0 Å². The number of hydrogen-bond donors (Lipinski definition) is 0. The van der Waals surface area contributed by atoms with Crippen molar-refractivity contribution in [3.63, 3.8) is 0 Å². The molecule has 1 rings (SSSR count). The van der Waals surface area contributed by atoms with E-state index in [4.69, 9.17) is 4.74 Å². The molecule has 0 amide bonds. The van der Waals surface area contributed by atoms with Crippen molar-refractivity contribution in [1.82, 2.24) is 0 Å². The van der Waals surface area contributed by atoms with Crippen LogP contribution in [-0.4, -0.2) is 12.6 Å². The minimum atomic E-state index is -0.392. The molecule has 0 fully saturated rings. The van der Waals surface area contributed by atoms with Crippen molar-refractivity contribution in [3.05, 3.63) is 24.3 Å². The summed E-state index contributed by atoms with van der Waals surface area (Å²) in [6.45, 7) is 10.4. The summed E-state index contributed by atoms with van der Waals surface area (Å²) in [6.07, 6.45) is 9.12. The number of ether oxygens (including phenoxy) is 1. The van der Waals surface area contributed by atoms with Crippen LogP contribution in [-0.2, 0) is 9.53 Å². The summed E-state index contributed by atoms with van der Waals surface area (Å²) >= 11 is 0. The second-order valence-electron chi connectivity index (χ2n) is 5.24. The van der Waals surface area contributed by atoms with E-state index in [2.05, 4.69) is 26.5 Å². The van der Waals surface area contributed by atoms with Crippen LogP contribution in [0.15, 0.2) is 24.3 Å². The molecule has 0 heterocycles. The quantitative estimate of drug-likeness (QED) is 0.400. The summed E-state index contributed by atoms with van der Waals surface area (Å²) in [5.74, 6) is 0.335. The maximum absolute atomic E-state index is 12.4. The van der Waals surface area contributed by atoms with Crippen LogP contribution >= 0.6 is 0 Å². The highest BCUT2D eigenvalue weighted by Crippen LogP contribution is 2.46. The molecule has 102 valence electrons. The summed E-state index contributed by atoms with van der Waals surface area (Å²) in [7, 11) is 0. The Kier molecular flexibility index (Phi) is 5.64. The number of unbranched alkanes of at least 4 members (excludes halogenated alkanes) is 1. The highest BCUT2D eigenvalue weighted by molar-refractivity contribution is 5.81. The molecule has 0 aromatic carbocycles. The van der Waals surface area contributed by atoms with Gasteiger partial charge in [0.1, 0.15) is 0 Å². The van der Waals surface area contributed by atoms with Gasteiger partial charge in [-0.25, -0.2) is 0 Å². The fourth-order valence-corrected chi connectivity index (χ4v) is 3.06. The standard InChI is InChI=1S/C16H26O2/c1-5-7-8-12-16(15(17)18-6-2)13(3)10-9-11-14(16)4/h5,10,14H,1,6-9,11-12H2,2-4H3. The lowest BCUT2D eigenvalue weighted by Gasteiger charge is -2.40. The summed E-state index contributed by atoms with van der Waals surface area (Å²) in [6, 6.07) is 0. The Morgan fingerprint density at radius 1 is 1.67 bits per heavy atom. The van der Waals surface area contributed by atoms with Crippen molar-refractivity contribution in [2.45, 2.75) is 52.9 Å². The first-order valence-corrected chi connectivity index (χ1v) is 7.05. The Labute approximate surface area is 111 Å². The van der Waals surface area contributed by atoms with Gasteiger partial charge in [-0.05, 0) is 51.9 Å². The molecule has 18 heavy (non-hydrogen) atoms. The molecule has 0 radical (unpaired) electrons. The maximum Gasteiger partial charge on any atom is 0.316 e. The highest BCUT2D eigenvalue weighted by Gasteiger charge is 2.46. The monoisotopic (exact) mass is 250 g/mol. The molecule has 2 unspecified atom stereocenters. The first kappa shape index (κ1) is 15.0. The van der Waals surface area contributed by atoms with Crippen LogP contribution in [0.4, 0.5) is 0 Å². The third kappa shape index (κ3) is 2.85. The molecule has 0 aromatic rings. The molecule has 2 atom stereocenters. The average Bonchev–Trinajstić information content (AvgIpc) is 2.33. The van der Waals surface area contributed by atoms with Crippen LogP contribution in [0.25, 0.3) is 0 Å². The SMILES string of the molecule is C=CCCCC1(C(=O)OCC)C(C)=CCCC1C. The number of carbonyl (C=O) groups excluding carboxylic acids is 1. The lowest BCUT2D eigenvalue weighted by molar-refractivity contribution is -0.157. The van der Waals surface area contributed by atoms with Crippen molar-refractivity contribution in [2.24, 2.45) is 11.3 Å². The van der Waals surface area contributed by atoms with Crippen LogP contribution in [0.2, 0.25) is 0 Å². The second-order valence-corrected chi connectivity index (χ2v) is 5.24. The van der Waals surface area contributed by atoms with Gasteiger partial charge in [-0.1, -0.05) is 24.6 Å². The molecule has 1 aliphatic rings. The minimum Gasteiger partial charge on any atom is -0.465 e. The van der Waals surface area contributed by atoms with E-state index in [-0.39, 0.29) is 5.97 Å². The Morgan fingerprint density at radius 2 is 2.39 bits per heavy atom. The molecular formula is C16H26O2. The Balaban J connectivity index is 2.98. The number of carbonyl (C=O) groups is 1. The van der Waals surface area contributed by atoms with E-state index in [1.165, 1.54) is 5.57 Å². The van der Waals surface area contributed by atoms with Gasteiger partial charge in [-0.15, -0.1) is 6.58 Å². The molecule has 2 nitrogen and oxygen atoms in total. The third-order valence-electron chi connectivity index (χ3n) is 4.21. The van der Waals surface area contributed by atoms with Crippen molar-refractivity contribution in [2.75, 3.05) is 6.61 Å². The van der Waals surface area contributed by atoms with Crippen LogP contribution in [0.3, 0.4) is 0 Å². The van der Waals surface area contributed by atoms with E-state index in [9.17, 15) is 4.79 Å². The number of hydrogen-bond acceptors (Lipinski definition) is 2. The van der Waals surface area contributed by atoms with Gasteiger partial charge in [0, 0.05) is 0 Å². The molecule has 2 heteroatoms. The van der Waals surface area contributed by atoms with Crippen molar-refractivity contribution in [3.8, 4) is 0 Å². The zero-order valence-corrected chi connectivity index (χ0v) is 12.0. The largest absolute Gasteiger partial charge is 0.465 e. The summed E-state index contributed by atoms with van der Waals surface area (Å²) in [5, 5.41) is 0. The second kappa shape index (κ2) is 6.77. The number of rotatable bonds is 6. The Bertz CT molecular complexity index is 330. The zero-order chi connectivity index (χ0) is 13.6. The molecule has 0 aliphatic heterocycles. The molecular weight excluding hydrogens is 224 g/mol. The third-order valence-corrected chi connectivity index (χ3v) is 4.21. The van der Waals surface area contributed by atoms with Crippen molar-refractivity contribution >= 4 is 5.97 Å². The molecule has 0 N–H and O–H groups in total. The summed E-state index contributed by atoms with van der Waals surface area (Å²) < 4.78 is 5.35. The lowest BCUT2D eigenvalue weighted by Crippen LogP contribution is -2.41. The van der Waals surface area contributed by atoms with E-state index >= 15 is 0 Å². The predicted octanol–water partition coefficient (Wildman–Crippen LogP) is 4.27. The maximum atomic E-state index is 12.4.